The summed E-state index contributed by atoms with van der Waals surface area (Å²) in [5.41, 5.74) is 0.249. The van der Waals surface area contributed by atoms with E-state index in [1.54, 1.807) is 34.2 Å². The van der Waals surface area contributed by atoms with Crippen molar-refractivity contribution in [2.75, 3.05) is 5.32 Å². The molecule has 0 saturated carbocycles. The molecule has 0 fully saturated rings. The molecule has 3 aromatic rings. The van der Waals surface area contributed by atoms with Crippen molar-refractivity contribution in [3.63, 3.8) is 0 Å². The minimum Gasteiger partial charge on any atom is -0.311 e. The summed E-state index contributed by atoms with van der Waals surface area (Å²) in [6.45, 7) is 0. The van der Waals surface area contributed by atoms with Crippen molar-refractivity contribution in [1.82, 2.24) is 9.38 Å². The van der Waals surface area contributed by atoms with Gasteiger partial charge in [0.25, 0.3) is 5.56 Å². The topological polar surface area (TPSA) is 63.5 Å². The van der Waals surface area contributed by atoms with Crippen molar-refractivity contribution < 1.29 is 9.18 Å². The van der Waals surface area contributed by atoms with Crippen LogP contribution >= 0.6 is 11.3 Å². The molecule has 22 heavy (non-hydrogen) atoms. The van der Waals surface area contributed by atoms with Gasteiger partial charge in [0.15, 0.2) is 4.96 Å². The second-order valence-electron chi connectivity index (χ2n) is 5.06. The number of rotatable bonds is 1. The number of hydrogen-bond donors (Lipinski definition) is 1. The number of nitrogens with zero attached hydrogens (tertiary/aromatic N) is 2. The van der Waals surface area contributed by atoms with Crippen LogP contribution in [0.2, 0.25) is 0 Å². The minimum atomic E-state index is -0.623. The Bertz CT molecular complexity index is 963. The number of fused-ring (bicyclic) bond motifs is 3. The van der Waals surface area contributed by atoms with E-state index in [-0.39, 0.29) is 12.3 Å². The molecular formula is C15H10FN3O2S. The van der Waals surface area contributed by atoms with Crippen LogP contribution in [0.3, 0.4) is 0 Å². The molecule has 0 radical (unpaired) electrons. The van der Waals surface area contributed by atoms with Crippen molar-refractivity contribution >= 4 is 28.0 Å². The standard InChI is InChI=1S/C15H10FN3O2S/c16-10-4-2-1-3-8(10)9-7-11(20)17-13-12(9)14(21)18-15-19(13)5-6-22-15/h1-6,9H,7H2,(H,17,20)/t9-/m1/s1. The van der Waals surface area contributed by atoms with E-state index in [9.17, 15) is 14.0 Å². The number of nitrogens with one attached hydrogen (secondary N) is 1. The van der Waals surface area contributed by atoms with Gasteiger partial charge in [-0.3, -0.25) is 14.0 Å². The van der Waals surface area contributed by atoms with Crippen molar-refractivity contribution in [3.8, 4) is 0 Å². The molecule has 1 aromatic carbocycles. The second kappa shape index (κ2) is 4.74. The van der Waals surface area contributed by atoms with Crippen molar-refractivity contribution in [2.24, 2.45) is 0 Å². The molecule has 1 aliphatic rings. The summed E-state index contributed by atoms with van der Waals surface area (Å²) in [7, 11) is 0. The van der Waals surface area contributed by atoms with Crippen molar-refractivity contribution in [3.05, 3.63) is 63.1 Å². The van der Waals surface area contributed by atoms with Crippen LogP contribution in [0, 0.1) is 5.82 Å². The molecule has 0 bridgehead atoms. The highest BCUT2D eigenvalue weighted by Gasteiger charge is 2.32. The van der Waals surface area contributed by atoms with Crippen LogP contribution in [-0.2, 0) is 4.79 Å². The summed E-state index contributed by atoms with van der Waals surface area (Å²) >= 11 is 1.30. The molecule has 1 amide bonds. The lowest BCUT2D eigenvalue weighted by Gasteiger charge is -2.25. The first kappa shape index (κ1) is 13.1. The fourth-order valence-electron chi connectivity index (χ4n) is 2.84. The lowest BCUT2D eigenvalue weighted by Crippen LogP contribution is -2.32. The fraction of sp³-hybridized carbons (Fsp3) is 0.133. The first-order chi connectivity index (χ1) is 10.6. The number of hydrogen-bond acceptors (Lipinski definition) is 4. The van der Waals surface area contributed by atoms with Crippen LogP contribution in [0.4, 0.5) is 10.2 Å². The summed E-state index contributed by atoms with van der Waals surface area (Å²) in [6, 6.07) is 6.20. The van der Waals surface area contributed by atoms with Gasteiger partial charge in [0.1, 0.15) is 11.6 Å². The molecule has 3 heterocycles. The number of carbonyl (C=O) groups is 1. The lowest BCUT2D eigenvalue weighted by atomic mass is 9.86. The van der Waals surface area contributed by atoms with E-state index in [1.165, 1.54) is 17.4 Å². The minimum absolute atomic E-state index is 0.0288. The van der Waals surface area contributed by atoms with Crippen LogP contribution in [0.1, 0.15) is 23.5 Å². The smallest absolute Gasteiger partial charge is 0.279 e. The maximum Gasteiger partial charge on any atom is 0.279 e. The summed E-state index contributed by atoms with van der Waals surface area (Å²) in [5.74, 6) is -0.906. The van der Waals surface area contributed by atoms with Crippen LogP contribution in [0.5, 0.6) is 0 Å². The van der Waals surface area contributed by atoms with Gasteiger partial charge < -0.3 is 5.32 Å². The van der Waals surface area contributed by atoms with E-state index in [1.807, 2.05) is 0 Å². The highest BCUT2D eigenvalue weighted by Crippen LogP contribution is 2.36. The van der Waals surface area contributed by atoms with Crippen molar-refractivity contribution in [1.29, 1.82) is 0 Å². The average Bonchev–Trinajstić information content (AvgIpc) is 2.95. The molecule has 7 heteroatoms. The maximum atomic E-state index is 14.1. The number of anilines is 1. The van der Waals surface area contributed by atoms with Crippen molar-refractivity contribution in [2.45, 2.75) is 12.3 Å². The Balaban J connectivity index is 2.04. The Hall–Kier alpha value is -2.54. The molecule has 1 N–H and O–H groups in total. The number of thiazole rings is 1. The summed E-state index contributed by atoms with van der Waals surface area (Å²) in [6.07, 6.45) is 1.76. The Morgan fingerprint density at radius 3 is 2.95 bits per heavy atom. The molecule has 0 unspecified atom stereocenters. The number of aromatic nitrogens is 2. The van der Waals surface area contributed by atoms with E-state index in [2.05, 4.69) is 10.3 Å². The van der Waals surface area contributed by atoms with Gasteiger partial charge in [-0.05, 0) is 11.6 Å². The molecular weight excluding hydrogens is 305 g/mol. The predicted octanol–water partition coefficient (Wildman–Crippen LogP) is 2.37. The monoisotopic (exact) mass is 315 g/mol. The number of carbonyl (C=O) groups excluding carboxylic acids is 1. The molecule has 0 saturated heterocycles. The third-order valence-electron chi connectivity index (χ3n) is 3.79. The Labute approximate surface area is 128 Å². The molecule has 1 aliphatic heterocycles. The SMILES string of the molecule is O=C1C[C@H](c2ccccc2F)c2c(n3ccsc3nc2=O)N1. The molecule has 0 spiro atoms. The molecule has 0 aliphatic carbocycles. The van der Waals surface area contributed by atoms with Gasteiger partial charge >= 0.3 is 0 Å². The predicted molar refractivity (Wildman–Crippen MR) is 80.8 cm³/mol. The van der Waals surface area contributed by atoms with Crippen LogP contribution < -0.4 is 10.9 Å². The normalized spacial score (nSPS) is 17.3. The van der Waals surface area contributed by atoms with E-state index >= 15 is 0 Å². The van der Waals surface area contributed by atoms with E-state index in [4.69, 9.17) is 0 Å². The molecule has 4 rings (SSSR count). The first-order valence-electron chi connectivity index (χ1n) is 6.69. The van der Waals surface area contributed by atoms with Gasteiger partial charge in [-0.25, -0.2) is 4.39 Å². The highest BCUT2D eigenvalue weighted by molar-refractivity contribution is 7.15. The van der Waals surface area contributed by atoms with Gasteiger partial charge in [-0.1, -0.05) is 18.2 Å². The number of benzene rings is 1. The van der Waals surface area contributed by atoms with Gasteiger partial charge in [0, 0.05) is 23.9 Å². The Morgan fingerprint density at radius 2 is 2.14 bits per heavy atom. The fourth-order valence-corrected chi connectivity index (χ4v) is 3.54. The van der Waals surface area contributed by atoms with Crippen LogP contribution in [0.15, 0.2) is 40.6 Å². The molecule has 2 aromatic heterocycles. The lowest BCUT2D eigenvalue weighted by molar-refractivity contribution is -0.116. The first-order valence-corrected chi connectivity index (χ1v) is 7.57. The molecule has 5 nitrogen and oxygen atoms in total. The molecule has 110 valence electrons. The van der Waals surface area contributed by atoms with Gasteiger partial charge in [0.05, 0.1) is 5.56 Å². The Kier molecular flexibility index (Phi) is 2.83. The molecule has 1 atom stereocenters. The number of amides is 1. The Morgan fingerprint density at radius 1 is 1.32 bits per heavy atom. The van der Waals surface area contributed by atoms with Gasteiger partial charge in [-0.2, -0.15) is 4.98 Å². The zero-order chi connectivity index (χ0) is 15.3. The summed E-state index contributed by atoms with van der Waals surface area (Å²) in [4.78, 5) is 28.9. The van der Waals surface area contributed by atoms with Crippen LogP contribution in [0.25, 0.3) is 4.96 Å². The maximum absolute atomic E-state index is 14.1. The highest BCUT2D eigenvalue weighted by atomic mass is 32.1. The third kappa shape index (κ3) is 1.86. The largest absolute Gasteiger partial charge is 0.311 e. The van der Waals surface area contributed by atoms with Gasteiger partial charge in [-0.15, -0.1) is 11.3 Å². The zero-order valence-electron chi connectivity index (χ0n) is 11.2. The average molecular weight is 315 g/mol. The zero-order valence-corrected chi connectivity index (χ0v) is 12.1. The third-order valence-corrected chi connectivity index (χ3v) is 4.55. The van der Waals surface area contributed by atoms with E-state index in [0.717, 1.165) is 0 Å². The van der Waals surface area contributed by atoms with Crippen LogP contribution in [-0.4, -0.2) is 15.3 Å². The second-order valence-corrected chi connectivity index (χ2v) is 5.93. The quantitative estimate of drug-likeness (QED) is 0.750. The summed E-state index contributed by atoms with van der Waals surface area (Å²) in [5, 5.41) is 4.50. The van der Waals surface area contributed by atoms with E-state index < -0.39 is 17.3 Å². The van der Waals surface area contributed by atoms with Gasteiger partial charge in [0.2, 0.25) is 5.91 Å². The number of halogens is 1. The summed E-state index contributed by atoms with van der Waals surface area (Å²) < 4.78 is 15.8. The van der Waals surface area contributed by atoms with E-state index in [0.29, 0.717) is 21.9 Å².